The Morgan fingerprint density at radius 1 is 1.56 bits per heavy atom. The first kappa shape index (κ1) is 12.5. The second-order valence-electron chi connectivity index (χ2n) is 4.04. The number of nitrogens with one attached hydrogen (secondary N) is 1. The van der Waals surface area contributed by atoms with Crippen LogP contribution in [0.1, 0.15) is 12.8 Å². The number of likely N-dealkylation sites (tertiary alicyclic amines) is 1. The summed E-state index contributed by atoms with van der Waals surface area (Å²) in [6.45, 7) is 0.627. The van der Waals surface area contributed by atoms with Crippen molar-refractivity contribution in [2.75, 3.05) is 27.2 Å². The molecule has 0 spiro atoms. The van der Waals surface area contributed by atoms with Crippen molar-refractivity contribution in [1.82, 2.24) is 15.1 Å². The molecule has 1 fully saturated rings. The van der Waals surface area contributed by atoms with Crippen LogP contribution in [-0.2, 0) is 9.59 Å². The van der Waals surface area contributed by atoms with Gasteiger partial charge in [0.2, 0.25) is 6.41 Å². The van der Waals surface area contributed by atoms with Gasteiger partial charge in [-0.2, -0.15) is 0 Å². The number of amides is 3. The van der Waals surface area contributed by atoms with Crippen LogP contribution in [0.15, 0.2) is 0 Å². The predicted molar refractivity (Wildman–Crippen MR) is 57.9 cm³/mol. The predicted octanol–water partition coefficient (Wildman–Crippen LogP) is -0.552. The van der Waals surface area contributed by atoms with Gasteiger partial charge >= 0.3 is 6.03 Å². The minimum absolute atomic E-state index is 0.0719. The largest absolute Gasteiger partial charge is 0.349 e. The summed E-state index contributed by atoms with van der Waals surface area (Å²) < 4.78 is 0. The third-order valence-electron chi connectivity index (χ3n) is 2.58. The zero-order valence-electron chi connectivity index (χ0n) is 9.60. The summed E-state index contributed by atoms with van der Waals surface area (Å²) in [4.78, 5) is 36.6. The van der Waals surface area contributed by atoms with Crippen LogP contribution >= 0.6 is 0 Å². The van der Waals surface area contributed by atoms with Crippen LogP contribution in [0.3, 0.4) is 0 Å². The van der Waals surface area contributed by atoms with Crippen molar-refractivity contribution in [3.8, 4) is 0 Å². The second kappa shape index (κ2) is 5.48. The molecule has 0 aromatic carbocycles. The van der Waals surface area contributed by atoms with Crippen molar-refractivity contribution in [3.05, 3.63) is 0 Å². The maximum Gasteiger partial charge on any atom is 0.319 e. The van der Waals surface area contributed by atoms with Crippen LogP contribution in [0.4, 0.5) is 4.79 Å². The standard InChI is InChI=1S/C10H17N3O3/c1-12(2)10(16)13-5-3-4-8(11-7-14)9(15)6-13/h7-8H,3-6H2,1-2H3,(H,11,14). The average molecular weight is 227 g/mol. The Bertz CT molecular complexity index is 291. The first-order valence-corrected chi connectivity index (χ1v) is 5.25. The molecular weight excluding hydrogens is 210 g/mol. The zero-order chi connectivity index (χ0) is 12.1. The fourth-order valence-corrected chi connectivity index (χ4v) is 1.73. The van der Waals surface area contributed by atoms with Gasteiger partial charge in [-0.3, -0.25) is 9.59 Å². The number of hydrogen-bond donors (Lipinski definition) is 1. The number of ketones is 1. The van der Waals surface area contributed by atoms with E-state index in [9.17, 15) is 14.4 Å². The van der Waals surface area contributed by atoms with Crippen LogP contribution in [0.5, 0.6) is 0 Å². The van der Waals surface area contributed by atoms with Crippen molar-refractivity contribution < 1.29 is 14.4 Å². The van der Waals surface area contributed by atoms with E-state index >= 15 is 0 Å². The Balaban J connectivity index is 2.64. The molecule has 1 aliphatic rings. The lowest BCUT2D eigenvalue weighted by molar-refractivity contribution is -0.123. The van der Waals surface area contributed by atoms with Gasteiger partial charge in [0.25, 0.3) is 0 Å². The van der Waals surface area contributed by atoms with Crippen molar-refractivity contribution in [2.45, 2.75) is 18.9 Å². The highest BCUT2D eigenvalue weighted by Crippen LogP contribution is 2.09. The van der Waals surface area contributed by atoms with Gasteiger partial charge in [0.15, 0.2) is 5.78 Å². The summed E-state index contributed by atoms with van der Waals surface area (Å²) in [5.74, 6) is -0.111. The molecule has 6 nitrogen and oxygen atoms in total. The molecule has 0 saturated carbocycles. The van der Waals surface area contributed by atoms with E-state index in [1.807, 2.05) is 0 Å². The summed E-state index contributed by atoms with van der Waals surface area (Å²) in [5, 5.41) is 2.48. The summed E-state index contributed by atoms with van der Waals surface area (Å²) in [6, 6.07) is -0.613. The SMILES string of the molecule is CN(C)C(=O)N1CCCC(NC=O)C(=O)C1. The Morgan fingerprint density at radius 3 is 2.81 bits per heavy atom. The number of Topliss-reactive ketones (excluding diaryl/α,β-unsaturated/α-hetero) is 1. The molecule has 1 heterocycles. The average Bonchev–Trinajstić information content (AvgIpc) is 2.41. The Kier molecular flexibility index (Phi) is 4.28. The summed E-state index contributed by atoms with van der Waals surface area (Å²) in [5.41, 5.74) is 0. The number of urea groups is 1. The van der Waals surface area contributed by atoms with E-state index in [1.165, 1.54) is 9.80 Å². The molecule has 1 atom stereocenters. The van der Waals surface area contributed by atoms with E-state index in [2.05, 4.69) is 5.32 Å². The van der Waals surface area contributed by atoms with E-state index in [4.69, 9.17) is 0 Å². The fraction of sp³-hybridized carbons (Fsp3) is 0.700. The first-order valence-electron chi connectivity index (χ1n) is 5.25. The lowest BCUT2D eigenvalue weighted by Gasteiger charge is -2.23. The van der Waals surface area contributed by atoms with Gasteiger partial charge in [0.05, 0.1) is 12.6 Å². The molecule has 1 N–H and O–H groups in total. The Labute approximate surface area is 94.6 Å². The Morgan fingerprint density at radius 2 is 2.25 bits per heavy atom. The highest BCUT2D eigenvalue weighted by atomic mass is 16.2. The number of nitrogens with zero attached hydrogens (tertiary/aromatic N) is 2. The zero-order valence-corrected chi connectivity index (χ0v) is 9.60. The van der Waals surface area contributed by atoms with Gasteiger partial charge in [-0.25, -0.2) is 4.79 Å². The minimum Gasteiger partial charge on any atom is -0.349 e. The molecule has 6 heteroatoms. The molecule has 1 unspecified atom stereocenters. The summed E-state index contributed by atoms with van der Waals surface area (Å²) >= 11 is 0. The van der Waals surface area contributed by atoms with Crippen molar-refractivity contribution in [3.63, 3.8) is 0 Å². The quantitative estimate of drug-likeness (QED) is 0.643. The van der Waals surface area contributed by atoms with Crippen LogP contribution in [0, 0.1) is 0 Å². The van der Waals surface area contributed by atoms with Crippen molar-refractivity contribution in [1.29, 1.82) is 0 Å². The van der Waals surface area contributed by atoms with Crippen LogP contribution in [0.2, 0.25) is 0 Å². The highest BCUT2D eigenvalue weighted by molar-refractivity contribution is 5.90. The molecular formula is C10H17N3O3. The Hall–Kier alpha value is -1.59. The van der Waals surface area contributed by atoms with Gasteiger partial charge in [-0.15, -0.1) is 0 Å². The lowest BCUT2D eigenvalue weighted by Crippen LogP contribution is -2.44. The molecule has 3 amide bonds. The van der Waals surface area contributed by atoms with E-state index in [0.717, 1.165) is 6.42 Å². The second-order valence-corrected chi connectivity index (χ2v) is 4.04. The molecule has 1 aliphatic heterocycles. The van der Waals surface area contributed by atoms with Crippen LogP contribution in [-0.4, -0.2) is 61.3 Å². The molecule has 1 rings (SSSR count). The number of carbonyl (C=O) groups excluding carboxylic acids is 3. The van der Waals surface area contributed by atoms with Crippen LogP contribution < -0.4 is 5.32 Å². The maximum absolute atomic E-state index is 11.7. The smallest absolute Gasteiger partial charge is 0.319 e. The normalized spacial score (nSPS) is 21.2. The lowest BCUT2D eigenvalue weighted by atomic mass is 10.1. The van der Waals surface area contributed by atoms with E-state index in [1.54, 1.807) is 14.1 Å². The molecule has 0 bridgehead atoms. The van der Waals surface area contributed by atoms with Crippen molar-refractivity contribution in [2.24, 2.45) is 0 Å². The third kappa shape index (κ3) is 2.95. The fourth-order valence-electron chi connectivity index (χ4n) is 1.73. The van der Waals surface area contributed by atoms with Gasteiger partial charge in [-0.1, -0.05) is 0 Å². The number of hydrogen-bond acceptors (Lipinski definition) is 3. The minimum atomic E-state index is -0.447. The first-order chi connectivity index (χ1) is 7.56. The van der Waals surface area contributed by atoms with E-state index in [0.29, 0.717) is 19.4 Å². The third-order valence-corrected chi connectivity index (χ3v) is 2.58. The summed E-state index contributed by atoms with van der Waals surface area (Å²) in [7, 11) is 3.30. The molecule has 0 aliphatic carbocycles. The maximum atomic E-state index is 11.7. The molecule has 16 heavy (non-hydrogen) atoms. The molecule has 90 valence electrons. The van der Waals surface area contributed by atoms with E-state index < -0.39 is 6.04 Å². The molecule has 0 aromatic heterocycles. The molecule has 0 aromatic rings. The van der Waals surface area contributed by atoms with Gasteiger partial charge < -0.3 is 15.1 Å². The van der Waals surface area contributed by atoms with Gasteiger partial charge in [-0.05, 0) is 12.8 Å². The van der Waals surface area contributed by atoms with E-state index in [-0.39, 0.29) is 18.4 Å². The van der Waals surface area contributed by atoms with Crippen molar-refractivity contribution >= 4 is 18.2 Å². The van der Waals surface area contributed by atoms with Gasteiger partial charge in [0, 0.05) is 20.6 Å². The van der Waals surface area contributed by atoms with Crippen LogP contribution in [0.25, 0.3) is 0 Å². The number of rotatable bonds is 2. The molecule has 0 radical (unpaired) electrons. The topological polar surface area (TPSA) is 69.7 Å². The molecule has 1 saturated heterocycles. The summed E-state index contributed by atoms with van der Waals surface area (Å²) in [6.07, 6.45) is 1.84. The number of carbonyl (C=O) groups is 3. The monoisotopic (exact) mass is 227 g/mol. The van der Waals surface area contributed by atoms with Gasteiger partial charge in [0.1, 0.15) is 0 Å². The highest BCUT2D eigenvalue weighted by Gasteiger charge is 2.27.